The third-order valence-electron chi connectivity index (χ3n) is 6.30. The SMILES string of the molecule is CN1C(=O)CC[C@H]1C(=O)N[C@]12CC[C@H](C[C@H]1n1cc(CS(C)(=O)=O)nn1)C2. The van der Waals surface area contributed by atoms with E-state index in [2.05, 4.69) is 15.6 Å². The lowest BCUT2D eigenvalue weighted by atomic mass is 9.88. The van der Waals surface area contributed by atoms with Crippen LogP contribution in [0.1, 0.15) is 50.3 Å². The lowest BCUT2D eigenvalue weighted by Crippen LogP contribution is -2.55. The second kappa shape index (κ2) is 6.29. The van der Waals surface area contributed by atoms with E-state index >= 15 is 0 Å². The first-order chi connectivity index (χ1) is 12.7. The fraction of sp³-hybridized carbons (Fsp3) is 0.765. The van der Waals surface area contributed by atoms with Gasteiger partial charge in [0.1, 0.15) is 6.04 Å². The van der Waals surface area contributed by atoms with Crippen LogP contribution in [0, 0.1) is 5.92 Å². The maximum Gasteiger partial charge on any atom is 0.243 e. The third-order valence-corrected chi connectivity index (χ3v) is 7.12. The minimum atomic E-state index is -3.18. The Bertz CT molecular complexity index is 882. The lowest BCUT2D eigenvalue weighted by molar-refractivity contribution is -0.135. The number of amides is 2. The van der Waals surface area contributed by atoms with Crippen LogP contribution in [0.3, 0.4) is 0 Å². The Kier molecular flexibility index (Phi) is 4.28. The maximum atomic E-state index is 12.9. The predicted octanol–water partition coefficient (Wildman–Crippen LogP) is 0.0434. The molecular weight excluding hydrogens is 370 g/mol. The average Bonchev–Trinajstić information content (AvgIpc) is 3.31. The first-order valence-electron chi connectivity index (χ1n) is 9.33. The van der Waals surface area contributed by atoms with Gasteiger partial charge in [-0.15, -0.1) is 5.10 Å². The van der Waals surface area contributed by atoms with Gasteiger partial charge >= 0.3 is 0 Å². The number of sulfone groups is 1. The molecule has 1 aromatic heterocycles. The second-order valence-corrected chi connectivity index (χ2v) is 10.5. The molecular formula is C17H25N5O4S. The smallest absolute Gasteiger partial charge is 0.243 e. The van der Waals surface area contributed by atoms with Gasteiger partial charge in [0.15, 0.2) is 9.84 Å². The minimum absolute atomic E-state index is 0.00149. The summed E-state index contributed by atoms with van der Waals surface area (Å²) in [7, 11) is -1.50. The van der Waals surface area contributed by atoms with Crippen LogP contribution < -0.4 is 5.32 Å². The summed E-state index contributed by atoms with van der Waals surface area (Å²) in [4.78, 5) is 26.2. The molecule has 0 radical (unpaired) electrons. The summed E-state index contributed by atoms with van der Waals surface area (Å²) in [6, 6.07) is -0.452. The summed E-state index contributed by atoms with van der Waals surface area (Å²) in [5, 5.41) is 11.4. The predicted molar refractivity (Wildman–Crippen MR) is 96.2 cm³/mol. The van der Waals surface area contributed by atoms with Crippen LogP contribution in [0.15, 0.2) is 6.20 Å². The van der Waals surface area contributed by atoms with E-state index in [4.69, 9.17) is 0 Å². The van der Waals surface area contributed by atoms with Gasteiger partial charge in [0.2, 0.25) is 11.8 Å². The van der Waals surface area contributed by atoms with Crippen molar-refractivity contribution in [1.82, 2.24) is 25.2 Å². The number of carbonyl (C=O) groups excluding carboxylic acids is 2. The van der Waals surface area contributed by atoms with Gasteiger partial charge in [0.05, 0.1) is 23.0 Å². The van der Waals surface area contributed by atoms with E-state index < -0.39 is 21.4 Å². The molecule has 2 aliphatic carbocycles. The molecule has 2 saturated carbocycles. The second-order valence-electron chi connectivity index (χ2n) is 8.32. The highest BCUT2D eigenvalue weighted by Crippen LogP contribution is 2.53. The summed E-state index contributed by atoms with van der Waals surface area (Å²) in [5.41, 5.74) is 0.0208. The Morgan fingerprint density at radius 3 is 2.81 bits per heavy atom. The number of fused-ring (bicyclic) bond motifs is 2. The van der Waals surface area contributed by atoms with Crippen molar-refractivity contribution in [2.24, 2.45) is 5.92 Å². The van der Waals surface area contributed by atoms with Crippen LogP contribution in [-0.4, -0.2) is 65.0 Å². The molecule has 2 heterocycles. The standard InChI is InChI=1S/C17H25N5O4S/c1-21-13(3-4-15(21)23)16(24)18-17-6-5-11(8-17)7-14(17)22-9-12(19-20-22)10-27(2,25)26/h9,11,13-14H,3-8,10H2,1-2H3,(H,18,24)/t11-,13+,14-,17+/m1/s1. The Hall–Kier alpha value is -1.97. The number of nitrogens with one attached hydrogen (secondary N) is 1. The number of nitrogens with zero attached hydrogens (tertiary/aromatic N) is 4. The van der Waals surface area contributed by atoms with E-state index in [1.165, 1.54) is 11.2 Å². The van der Waals surface area contributed by atoms with E-state index in [1.807, 2.05) is 0 Å². The highest BCUT2D eigenvalue weighted by Gasteiger charge is 2.55. The molecule has 148 valence electrons. The molecule has 2 bridgehead atoms. The van der Waals surface area contributed by atoms with E-state index in [1.54, 1.807) is 17.9 Å². The van der Waals surface area contributed by atoms with Crippen LogP contribution in [0.2, 0.25) is 0 Å². The van der Waals surface area contributed by atoms with Crippen LogP contribution >= 0.6 is 0 Å². The topological polar surface area (TPSA) is 114 Å². The van der Waals surface area contributed by atoms with Gasteiger partial charge in [0.25, 0.3) is 0 Å². The average molecular weight is 395 g/mol. The largest absolute Gasteiger partial charge is 0.347 e. The number of likely N-dealkylation sites (N-methyl/N-ethyl adjacent to an activating group) is 1. The normalized spacial score (nSPS) is 33.0. The molecule has 2 amide bonds. The van der Waals surface area contributed by atoms with Crippen molar-refractivity contribution in [1.29, 1.82) is 0 Å². The fourth-order valence-electron chi connectivity index (χ4n) is 5.02. The zero-order valence-corrected chi connectivity index (χ0v) is 16.4. The van der Waals surface area contributed by atoms with Crippen molar-refractivity contribution < 1.29 is 18.0 Å². The Balaban J connectivity index is 1.54. The highest BCUT2D eigenvalue weighted by molar-refractivity contribution is 7.89. The van der Waals surface area contributed by atoms with E-state index in [0.29, 0.717) is 24.5 Å². The highest BCUT2D eigenvalue weighted by atomic mass is 32.2. The van der Waals surface area contributed by atoms with Gasteiger partial charge in [-0.2, -0.15) is 0 Å². The minimum Gasteiger partial charge on any atom is -0.347 e. The summed E-state index contributed by atoms with van der Waals surface area (Å²) in [6.45, 7) is 0. The summed E-state index contributed by atoms with van der Waals surface area (Å²) in [5.74, 6) is 0.270. The first-order valence-corrected chi connectivity index (χ1v) is 11.4. The van der Waals surface area contributed by atoms with E-state index in [-0.39, 0.29) is 23.6 Å². The molecule has 9 nitrogen and oxygen atoms in total. The monoisotopic (exact) mass is 395 g/mol. The number of hydrogen-bond acceptors (Lipinski definition) is 6. The van der Waals surface area contributed by atoms with Crippen molar-refractivity contribution in [2.75, 3.05) is 13.3 Å². The van der Waals surface area contributed by atoms with Crippen molar-refractivity contribution >= 4 is 21.7 Å². The van der Waals surface area contributed by atoms with Crippen LogP contribution in [0.25, 0.3) is 0 Å². The van der Waals surface area contributed by atoms with Crippen molar-refractivity contribution in [3.63, 3.8) is 0 Å². The Morgan fingerprint density at radius 1 is 1.41 bits per heavy atom. The summed E-state index contributed by atoms with van der Waals surface area (Å²) < 4.78 is 24.7. The van der Waals surface area contributed by atoms with Crippen LogP contribution in [-0.2, 0) is 25.2 Å². The number of aromatic nitrogens is 3. The Morgan fingerprint density at radius 2 is 2.19 bits per heavy atom. The van der Waals surface area contributed by atoms with E-state index in [0.717, 1.165) is 25.7 Å². The van der Waals surface area contributed by atoms with E-state index in [9.17, 15) is 18.0 Å². The van der Waals surface area contributed by atoms with Crippen molar-refractivity contribution in [3.05, 3.63) is 11.9 Å². The molecule has 10 heteroatoms. The molecule has 4 rings (SSSR count). The van der Waals surface area contributed by atoms with Gasteiger partial charge < -0.3 is 10.2 Å². The molecule has 3 aliphatic rings. The lowest BCUT2D eigenvalue weighted by Gasteiger charge is -2.37. The summed E-state index contributed by atoms with van der Waals surface area (Å²) >= 11 is 0. The number of rotatable bonds is 5. The number of hydrogen-bond donors (Lipinski definition) is 1. The molecule has 3 fully saturated rings. The number of likely N-dealkylation sites (tertiary alicyclic amines) is 1. The van der Waals surface area contributed by atoms with Crippen molar-refractivity contribution in [2.45, 2.75) is 61.9 Å². The molecule has 1 saturated heterocycles. The van der Waals surface area contributed by atoms with Gasteiger partial charge in [-0.25, -0.2) is 13.1 Å². The van der Waals surface area contributed by atoms with Gasteiger partial charge in [-0.3, -0.25) is 9.59 Å². The molecule has 1 aliphatic heterocycles. The molecule has 0 aromatic carbocycles. The maximum absolute atomic E-state index is 12.9. The zero-order chi connectivity index (χ0) is 19.4. The van der Waals surface area contributed by atoms with Gasteiger partial charge in [0, 0.05) is 25.9 Å². The molecule has 1 N–H and O–H groups in total. The third kappa shape index (κ3) is 3.35. The van der Waals surface area contributed by atoms with Crippen LogP contribution in [0.5, 0.6) is 0 Å². The summed E-state index contributed by atoms with van der Waals surface area (Å²) in [6.07, 6.45) is 7.51. The Labute approximate surface area is 158 Å². The molecule has 1 aromatic rings. The zero-order valence-electron chi connectivity index (χ0n) is 15.6. The molecule has 0 spiro atoms. The first kappa shape index (κ1) is 18.4. The van der Waals surface area contributed by atoms with Crippen LogP contribution in [0.4, 0.5) is 0 Å². The molecule has 4 atom stereocenters. The van der Waals surface area contributed by atoms with Gasteiger partial charge in [-0.1, -0.05) is 5.21 Å². The molecule has 27 heavy (non-hydrogen) atoms. The molecule has 0 unspecified atom stereocenters. The quantitative estimate of drug-likeness (QED) is 0.753. The van der Waals surface area contributed by atoms with Gasteiger partial charge in [-0.05, 0) is 38.0 Å². The van der Waals surface area contributed by atoms with Crippen molar-refractivity contribution in [3.8, 4) is 0 Å². The number of carbonyl (C=O) groups is 2. The fourth-order valence-corrected chi connectivity index (χ4v) is 5.69.